The summed E-state index contributed by atoms with van der Waals surface area (Å²) in [4.78, 5) is 28.6. The lowest BCUT2D eigenvalue weighted by Gasteiger charge is -2.07. The topological polar surface area (TPSA) is 49.9 Å². The molecule has 0 saturated carbocycles. The lowest BCUT2D eigenvalue weighted by Crippen LogP contribution is -2.07. The van der Waals surface area contributed by atoms with Crippen LogP contribution >= 0.6 is 0 Å². The van der Waals surface area contributed by atoms with Crippen molar-refractivity contribution in [2.24, 2.45) is 0 Å². The lowest BCUT2D eigenvalue weighted by atomic mass is 9.98. The predicted molar refractivity (Wildman–Crippen MR) is 96.7 cm³/mol. The molecule has 0 radical (unpaired) electrons. The highest BCUT2D eigenvalue weighted by atomic mass is 16.1. The van der Waals surface area contributed by atoms with Gasteiger partial charge >= 0.3 is 0 Å². The number of carbonyl (C=O) groups is 1. The number of pyridine rings is 1. The summed E-state index contributed by atoms with van der Waals surface area (Å²) in [5.74, 6) is -0.0380. The Bertz CT molecular complexity index is 1160. The van der Waals surface area contributed by atoms with Crippen molar-refractivity contribution >= 4 is 27.6 Å². The van der Waals surface area contributed by atoms with Crippen molar-refractivity contribution < 1.29 is 4.79 Å². The largest absolute Gasteiger partial charge is 0.354 e. The third-order valence-corrected chi connectivity index (χ3v) is 4.36. The van der Waals surface area contributed by atoms with Gasteiger partial charge in [-0.25, -0.2) is 0 Å². The number of H-pyrrole nitrogens is 1. The van der Waals surface area contributed by atoms with Crippen LogP contribution in [-0.2, 0) is 0 Å². The van der Waals surface area contributed by atoms with Gasteiger partial charge in [0.05, 0.1) is 5.52 Å². The summed E-state index contributed by atoms with van der Waals surface area (Å²) in [6.07, 6.45) is 0. The van der Waals surface area contributed by atoms with E-state index in [0.717, 1.165) is 11.1 Å². The second-order valence-corrected chi connectivity index (χ2v) is 5.90. The SMILES string of the molecule is Cc1ccccc1C(=O)c1ccc2c(=O)c3ccccc3[nH]c2c1. The van der Waals surface area contributed by atoms with E-state index >= 15 is 0 Å². The van der Waals surface area contributed by atoms with E-state index in [1.54, 1.807) is 24.3 Å². The molecular weight excluding hydrogens is 298 g/mol. The molecule has 3 heteroatoms. The van der Waals surface area contributed by atoms with E-state index in [1.807, 2.05) is 49.4 Å². The number of fused-ring (bicyclic) bond motifs is 2. The maximum atomic E-state index is 12.8. The van der Waals surface area contributed by atoms with Crippen LogP contribution in [0.25, 0.3) is 21.8 Å². The van der Waals surface area contributed by atoms with E-state index in [4.69, 9.17) is 0 Å². The van der Waals surface area contributed by atoms with Crippen LogP contribution in [0.1, 0.15) is 21.5 Å². The summed E-state index contributed by atoms with van der Waals surface area (Å²) < 4.78 is 0. The second-order valence-electron chi connectivity index (χ2n) is 5.90. The van der Waals surface area contributed by atoms with E-state index < -0.39 is 0 Å². The van der Waals surface area contributed by atoms with Crippen LogP contribution in [0, 0.1) is 6.92 Å². The highest BCUT2D eigenvalue weighted by Crippen LogP contribution is 2.19. The van der Waals surface area contributed by atoms with Gasteiger partial charge in [-0.3, -0.25) is 9.59 Å². The molecule has 1 aromatic heterocycles. The van der Waals surface area contributed by atoms with Gasteiger partial charge in [-0.05, 0) is 36.8 Å². The Kier molecular flexibility index (Phi) is 3.28. The number of ketones is 1. The third kappa shape index (κ3) is 2.22. The standard InChI is InChI=1S/C21H15NO2/c1-13-6-2-3-7-15(13)20(23)14-10-11-17-19(12-14)22-18-9-5-4-8-16(18)21(17)24/h2-12H,1H3,(H,22,24). The minimum atomic E-state index is -0.0380. The Hall–Kier alpha value is -3.20. The molecule has 3 aromatic carbocycles. The molecule has 24 heavy (non-hydrogen) atoms. The van der Waals surface area contributed by atoms with Gasteiger partial charge in [0, 0.05) is 27.4 Å². The number of aryl methyl sites for hydroxylation is 1. The van der Waals surface area contributed by atoms with Crippen molar-refractivity contribution in [2.45, 2.75) is 6.92 Å². The van der Waals surface area contributed by atoms with Gasteiger partial charge in [0.25, 0.3) is 0 Å². The van der Waals surface area contributed by atoms with Crippen molar-refractivity contribution in [3.05, 3.63) is 93.6 Å². The fraction of sp³-hybridized carbons (Fsp3) is 0.0476. The maximum absolute atomic E-state index is 12.8. The fourth-order valence-electron chi connectivity index (χ4n) is 3.05. The molecule has 0 saturated heterocycles. The number of hydrogen-bond donors (Lipinski definition) is 1. The van der Waals surface area contributed by atoms with E-state index in [-0.39, 0.29) is 11.2 Å². The number of para-hydroxylation sites is 1. The monoisotopic (exact) mass is 313 g/mol. The van der Waals surface area contributed by atoms with Gasteiger partial charge < -0.3 is 4.98 Å². The molecule has 0 unspecified atom stereocenters. The molecule has 4 rings (SSSR count). The zero-order chi connectivity index (χ0) is 16.7. The van der Waals surface area contributed by atoms with Crippen LogP contribution in [0.2, 0.25) is 0 Å². The molecule has 0 spiro atoms. The predicted octanol–water partition coefficient (Wildman–Crippen LogP) is 4.22. The van der Waals surface area contributed by atoms with Gasteiger partial charge in [-0.2, -0.15) is 0 Å². The smallest absolute Gasteiger partial charge is 0.197 e. The zero-order valence-electron chi connectivity index (χ0n) is 13.2. The van der Waals surface area contributed by atoms with Gasteiger partial charge in [0.2, 0.25) is 0 Å². The van der Waals surface area contributed by atoms with Crippen LogP contribution in [0.15, 0.2) is 71.5 Å². The van der Waals surface area contributed by atoms with E-state index in [2.05, 4.69) is 4.98 Å². The van der Waals surface area contributed by atoms with Crippen LogP contribution in [0.4, 0.5) is 0 Å². The molecular formula is C21H15NO2. The van der Waals surface area contributed by atoms with Crippen LogP contribution in [0.3, 0.4) is 0 Å². The first-order chi connectivity index (χ1) is 11.6. The molecule has 116 valence electrons. The highest BCUT2D eigenvalue weighted by molar-refractivity contribution is 6.11. The van der Waals surface area contributed by atoms with E-state index in [0.29, 0.717) is 27.4 Å². The zero-order valence-corrected chi connectivity index (χ0v) is 13.2. The summed E-state index contributed by atoms with van der Waals surface area (Å²) in [6.45, 7) is 1.92. The second kappa shape index (κ2) is 5.46. The Labute approximate surface area is 138 Å². The molecule has 0 amide bonds. The first-order valence-electron chi connectivity index (χ1n) is 7.80. The molecule has 3 nitrogen and oxygen atoms in total. The average molecular weight is 313 g/mol. The quantitative estimate of drug-likeness (QED) is 0.445. The summed E-state index contributed by atoms with van der Waals surface area (Å²) >= 11 is 0. The highest BCUT2D eigenvalue weighted by Gasteiger charge is 2.13. The molecule has 0 fully saturated rings. The minimum Gasteiger partial charge on any atom is -0.354 e. The fourth-order valence-corrected chi connectivity index (χ4v) is 3.05. The Balaban J connectivity index is 1.93. The number of aromatic amines is 1. The van der Waals surface area contributed by atoms with Crippen molar-refractivity contribution in [1.29, 1.82) is 0 Å². The summed E-state index contributed by atoms with van der Waals surface area (Å²) in [5.41, 5.74) is 3.63. The maximum Gasteiger partial charge on any atom is 0.197 e. The van der Waals surface area contributed by atoms with Gasteiger partial charge in [0.1, 0.15) is 0 Å². The number of carbonyl (C=O) groups excluding carboxylic acids is 1. The number of rotatable bonds is 2. The number of benzene rings is 3. The molecule has 0 aliphatic carbocycles. The first-order valence-corrected chi connectivity index (χ1v) is 7.80. The molecule has 0 atom stereocenters. The molecule has 0 bridgehead atoms. The summed E-state index contributed by atoms with van der Waals surface area (Å²) in [6, 6.07) is 20.1. The van der Waals surface area contributed by atoms with Crippen molar-refractivity contribution in [3.8, 4) is 0 Å². The molecule has 1 heterocycles. The normalized spacial score (nSPS) is 11.0. The summed E-state index contributed by atoms with van der Waals surface area (Å²) in [5, 5.41) is 1.25. The number of aromatic nitrogens is 1. The Morgan fingerprint density at radius 1 is 0.833 bits per heavy atom. The molecule has 0 aliphatic rings. The average Bonchev–Trinajstić information content (AvgIpc) is 2.61. The summed E-state index contributed by atoms with van der Waals surface area (Å²) in [7, 11) is 0. The van der Waals surface area contributed by atoms with Crippen molar-refractivity contribution in [3.63, 3.8) is 0 Å². The van der Waals surface area contributed by atoms with Crippen LogP contribution in [0.5, 0.6) is 0 Å². The van der Waals surface area contributed by atoms with Crippen LogP contribution in [-0.4, -0.2) is 10.8 Å². The number of hydrogen-bond acceptors (Lipinski definition) is 2. The lowest BCUT2D eigenvalue weighted by molar-refractivity contribution is 0.103. The first kappa shape index (κ1) is 14.4. The Morgan fingerprint density at radius 2 is 1.54 bits per heavy atom. The van der Waals surface area contributed by atoms with Gasteiger partial charge in [-0.15, -0.1) is 0 Å². The molecule has 1 N–H and O–H groups in total. The van der Waals surface area contributed by atoms with Crippen LogP contribution < -0.4 is 5.43 Å². The molecule has 4 aromatic rings. The van der Waals surface area contributed by atoms with E-state index in [9.17, 15) is 9.59 Å². The number of nitrogens with one attached hydrogen (secondary N) is 1. The van der Waals surface area contributed by atoms with Gasteiger partial charge in [0.15, 0.2) is 11.2 Å². The molecule has 0 aliphatic heterocycles. The van der Waals surface area contributed by atoms with Gasteiger partial charge in [-0.1, -0.05) is 42.5 Å². The van der Waals surface area contributed by atoms with E-state index in [1.165, 1.54) is 0 Å². The minimum absolute atomic E-state index is 0.0192. The van der Waals surface area contributed by atoms with Crippen molar-refractivity contribution in [1.82, 2.24) is 4.98 Å². The Morgan fingerprint density at radius 3 is 2.38 bits per heavy atom. The third-order valence-electron chi connectivity index (χ3n) is 4.36. The van der Waals surface area contributed by atoms with Crippen molar-refractivity contribution in [2.75, 3.05) is 0 Å².